The van der Waals surface area contributed by atoms with Crippen LogP contribution in [0.2, 0.25) is 0 Å². The highest BCUT2D eigenvalue weighted by Gasteiger charge is 2.77. The fourth-order valence-corrected chi connectivity index (χ4v) is 5.45. The summed E-state index contributed by atoms with van der Waals surface area (Å²) in [4.78, 5) is 11.7. The van der Waals surface area contributed by atoms with Crippen molar-refractivity contribution in [2.24, 2.45) is 5.41 Å². The molecule has 2 aromatic rings. The van der Waals surface area contributed by atoms with E-state index in [1.54, 1.807) is 25.1 Å². The third-order valence-corrected chi connectivity index (χ3v) is 6.83. The Kier molecular flexibility index (Phi) is 3.88. The summed E-state index contributed by atoms with van der Waals surface area (Å²) < 4.78 is 39.0. The van der Waals surface area contributed by atoms with Crippen molar-refractivity contribution in [2.75, 3.05) is 0 Å². The van der Waals surface area contributed by atoms with Crippen molar-refractivity contribution in [3.05, 3.63) is 65.5 Å². The van der Waals surface area contributed by atoms with Crippen LogP contribution in [-0.4, -0.2) is 24.7 Å². The Hall–Kier alpha value is -2.72. The summed E-state index contributed by atoms with van der Waals surface area (Å²) in [7, 11) is -4.05. The molecule has 0 radical (unpaired) electrons. The largest absolute Gasteiger partial charge is 0.480 e. The lowest BCUT2D eigenvalue weighted by Crippen LogP contribution is -2.22. The number of hydrogen-bond acceptors (Lipinski definition) is 4. The summed E-state index contributed by atoms with van der Waals surface area (Å²) in [5.41, 5.74) is -0.915. The monoisotopic (exact) mass is 359 g/mol. The molecule has 0 saturated heterocycles. The number of carboxylic acid groups (broad SMARTS) is 1. The third kappa shape index (κ3) is 2.50. The van der Waals surface area contributed by atoms with Gasteiger partial charge in [-0.1, -0.05) is 29.8 Å². The fraction of sp³-hybridized carbons (Fsp3) is 0.222. The average Bonchev–Trinajstić information content (AvgIpc) is 3.27. The number of aliphatic carboxylic acids is 1. The Labute approximate surface area is 144 Å². The van der Waals surface area contributed by atoms with Crippen molar-refractivity contribution in [2.45, 2.75) is 23.0 Å². The number of hydrogen-bond donors (Lipinski definition) is 1. The number of carboxylic acids is 1. The molecule has 0 bridgehead atoms. The predicted molar refractivity (Wildman–Crippen MR) is 87.0 cm³/mol. The number of nitrogens with zero attached hydrogens (tertiary/aromatic N) is 1. The van der Waals surface area contributed by atoms with E-state index in [0.717, 1.165) is 17.7 Å². The van der Waals surface area contributed by atoms with Crippen molar-refractivity contribution in [1.29, 1.82) is 5.26 Å². The zero-order valence-electron chi connectivity index (χ0n) is 13.2. The summed E-state index contributed by atoms with van der Waals surface area (Å²) in [6.07, 6.45) is 0. The number of carbonyl (C=O) groups is 1. The molecule has 5 nitrogen and oxygen atoms in total. The van der Waals surface area contributed by atoms with Crippen molar-refractivity contribution in [3.8, 4) is 6.07 Å². The van der Waals surface area contributed by atoms with E-state index >= 15 is 0 Å². The van der Waals surface area contributed by atoms with Gasteiger partial charge in [-0.05, 0) is 36.8 Å². The number of sulfone groups is 1. The van der Waals surface area contributed by atoms with Gasteiger partial charge in [-0.25, -0.2) is 12.8 Å². The normalized spacial score (nSPS) is 25.2. The lowest BCUT2D eigenvalue weighted by molar-refractivity contribution is -0.141. The molecule has 0 unspecified atom stereocenters. The molecule has 0 amide bonds. The van der Waals surface area contributed by atoms with Crippen molar-refractivity contribution in [1.82, 2.24) is 0 Å². The smallest absolute Gasteiger partial charge is 0.326 e. The minimum atomic E-state index is -4.05. The van der Waals surface area contributed by atoms with Crippen LogP contribution in [0.3, 0.4) is 0 Å². The predicted octanol–water partition coefficient (Wildman–Crippen LogP) is 2.67. The molecule has 128 valence electrons. The first kappa shape index (κ1) is 17.1. The van der Waals surface area contributed by atoms with Gasteiger partial charge in [0.25, 0.3) is 0 Å². The highest BCUT2D eigenvalue weighted by molar-refractivity contribution is 7.92. The first-order chi connectivity index (χ1) is 11.7. The van der Waals surface area contributed by atoms with Crippen LogP contribution in [0.15, 0.2) is 53.4 Å². The average molecular weight is 359 g/mol. The topological polar surface area (TPSA) is 95.2 Å². The van der Waals surface area contributed by atoms with Crippen molar-refractivity contribution >= 4 is 15.8 Å². The van der Waals surface area contributed by atoms with E-state index in [4.69, 9.17) is 0 Å². The quantitative estimate of drug-likeness (QED) is 0.905. The molecule has 1 aliphatic rings. The Morgan fingerprint density at radius 3 is 2.20 bits per heavy atom. The van der Waals surface area contributed by atoms with Crippen LogP contribution >= 0.6 is 0 Å². The molecule has 7 heteroatoms. The summed E-state index contributed by atoms with van der Waals surface area (Å²) >= 11 is 0. The molecule has 1 saturated carbocycles. The first-order valence-corrected chi connectivity index (χ1v) is 9.00. The molecule has 0 aliphatic heterocycles. The van der Waals surface area contributed by atoms with Crippen LogP contribution in [0.5, 0.6) is 0 Å². The fourth-order valence-electron chi connectivity index (χ4n) is 3.20. The maximum atomic E-state index is 13.1. The molecule has 0 spiro atoms. The number of halogens is 1. The number of rotatable bonds is 4. The molecule has 3 atom stereocenters. The number of aryl methyl sites for hydroxylation is 1. The lowest BCUT2D eigenvalue weighted by atomic mass is 10.0. The van der Waals surface area contributed by atoms with E-state index in [1.807, 2.05) is 0 Å². The second kappa shape index (κ2) is 5.67. The van der Waals surface area contributed by atoms with Crippen LogP contribution in [0.4, 0.5) is 4.39 Å². The molecular weight excluding hydrogens is 345 g/mol. The van der Waals surface area contributed by atoms with E-state index in [-0.39, 0.29) is 4.90 Å². The van der Waals surface area contributed by atoms with E-state index in [0.29, 0.717) is 5.56 Å². The van der Waals surface area contributed by atoms with Crippen LogP contribution in [-0.2, 0) is 14.6 Å². The van der Waals surface area contributed by atoms with Gasteiger partial charge in [0.15, 0.2) is 15.3 Å². The van der Waals surface area contributed by atoms with Gasteiger partial charge in [-0.3, -0.25) is 4.79 Å². The van der Waals surface area contributed by atoms with Crippen LogP contribution in [0.1, 0.15) is 17.0 Å². The van der Waals surface area contributed by atoms with Gasteiger partial charge in [-0.15, -0.1) is 0 Å². The SMILES string of the molecule is Cc1ccc(S(=O)(=O)[C@@H]2[C@H](c3ccc(F)cc3)[C@@]2(C#N)C(=O)O)cc1. The molecule has 1 aliphatic carbocycles. The highest BCUT2D eigenvalue weighted by atomic mass is 32.2. The molecule has 0 heterocycles. The molecule has 0 aromatic heterocycles. The Morgan fingerprint density at radius 2 is 1.72 bits per heavy atom. The van der Waals surface area contributed by atoms with Crippen LogP contribution < -0.4 is 0 Å². The van der Waals surface area contributed by atoms with Crippen LogP contribution in [0, 0.1) is 29.5 Å². The lowest BCUT2D eigenvalue weighted by Gasteiger charge is -2.05. The zero-order valence-corrected chi connectivity index (χ0v) is 14.0. The van der Waals surface area contributed by atoms with Gasteiger partial charge in [0, 0.05) is 5.92 Å². The van der Waals surface area contributed by atoms with Crippen LogP contribution in [0.25, 0.3) is 0 Å². The number of nitriles is 1. The molecule has 3 rings (SSSR count). The minimum Gasteiger partial charge on any atom is -0.480 e. The second-order valence-corrected chi connectivity index (χ2v) is 8.16. The summed E-state index contributed by atoms with van der Waals surface area (Å²) in [5.74, 6) is -3.08. The van der Waals surface area contributed by atoms with Gasteiger partial charge in [0.2, 0.25) is 0 Å². The maximum absolute atomic E-state index is 13.1. The van der Waals surface area contributed by atoms with Crippen molar-refractivity contribution < 1.29 is 22.7 Å². The second-order valence-electron chi connectivity index (χ2n) is 6.09. The first-order valence-electron chi connectivity index (χ1n) is 7.46. The Balaban J connectivity index is 2.12. The molecular formula is C18H14FNO4S. The molecule has 25 heavy (non-hydrogen) atoms. The Morgan fingerprint density at radius 1 is 1.16 bits per heavy atom. The third-order valence-electron chi connectivity index (χ3n) is 4.58. The van der Waals surface area contributed by atoms with E-state index in [1.165, 1.54) is 24.3 Å². The summed E-state index contributed by atoms with van der Waals surface area (Å²) in [6.45, 7) is 1.80. The molecule has 1 N–H and O–H groups in total. The van der Waals surface area contributed by atoms with Gasteiger partial charge < -0.3 is 5.11 Å². The maximum Gasteiger partial charge on any atom is 0.326 e. The summed E-state index contributed by atoms with van der Waals surface area (Å²) in [6, 6.07) is 12.6. The zero-order chi connectivity index (χ0) is 18.4. The van der Waals surface area contributed by atoms with E-state index in [2.05, 4.69) is 0 Å². The molecule has 2 aromatic carbocycles. The van der Waals surface area contributed by atoms with Gasteiger partial charge in [-0.2, -0.15) is 5.26 Å². The van der Waals surface area contributed by atoms with Gasteiger partial charge in [0.1, 0.15) is 11.1 Å². The molecule has 1 fully saturated rings. The van der Waals surface area contributed by atoms with E-state index in [9.17, 15) is 28.0 Å². The highest BCUT2D eigenvalue weighted by Crippen LogP contribution is 2.63. The standard InChI is InChI=1S/C18H14FNO4S/c1-11-2-8-14(9-3-11)25(23,24)16-15(18(16,10-20)17(21)22)12-4-6-13(19)7-5-12/h2-9,15-16H,1H3,(H,21,22)/t15-,16+,18+/m0/s1. The Bertz CT molecular complexity index is 977. The minimum absolute atomic E-state index is 0.0337. The van der Waals surface area contributed by atoms with E-state index < -0.39 is 38.2 Å². The van der Waals surface area contributed by atoms with Crippen molar-refractivity contribution in [3.63, 3.8) is 0 Å². The number of benzene rings is 2. The van der Waals surface area contributed by atoms with Gasteiger partial charge >= 0.3 is 5.97 Å². The summed E-state index contributed by atoms with van der Waals surface area (Å²) in [5, 5.41) is 17.6. The van der Waals surface area contributed by atoms with Gasteiger partial charge in [0.05, 0.1) is 11.0 Å².